The molecule has 152 valence electrons. The molecule has 2 heterocycles. The van der Waals surface area contributed by atoms with Crippen LogP contribution in [0.2, 0.25) is 0 Å². The minimum absolute atomic E-state index is 0.258. The molecule has 0 aliphatic heterocycles. The molecule has 0 saturated carbocycles. The first-order valence-electron chi connectivity index (χ1n) is 8.92. The van der Waals surface area contributed by atoms with Gasteiger partial charge in [0.05, 0.1) is 18.1 Å². The van der Waals surface area contributed by atoms with Crippen LogP contribution in [-0.4, -0.2) is 35.5 Å². The van der Waals surface area contributed by atoms with Crippen molar-refractivity contribution in [3.63, 3.8) is 0 Å². The van der Waals surface area contributed by atoms with Crippen LogP contribution in [0, 0.1) is 13.8 Å². The number of hydrogen-bond donors (Lipinski definition) is 2. The summed E-state index contributed by atoms with van der Waals surface area (Å²) in [6.45, 7) is 5.08. The maximum absolute atomic E-state index is 12.4. The summed E-state index contributed by atoms with van der Waals surface area (Å²) in [7, 11) is 1.46. The van der Waals surface area contributed by atoms with Crippen molar-refractivity contribution in [1.82, 2.24) is 15.3 Å². The smallest absolute Gasteiger partial charge is 0.326 e. The normalized spacial score (nSPS) is 11.9. The molecule has 1 atom stereocenters. The van der Waals surface area contributed by atoms with Gasteiger partial charge in [-0.25, -0.2) is 4.98 Å². The number of H-pyrrole nitrogens is 1. The zero-order chi connectivity index (χ0) is 21.1. The summed E-state index contributed by atoms with van der Waals surface area (Å²) in [5.74, 6) is -0.442. The Morgan fingerprint density at radius 2 is 2.00 bits per heavy atom. The Labute approximate surface area is 170 Å². The number of aryl methyl sites for hydroxylation is 2. The number of thiophene rings is 1. The van der Waals surface area contributed by atoms with Crippen molar-refractivity contribution in [3.05, 3.63) is 56.4 Å². The number of rotatable bonds is 6. The SMILES string of the molecule is COc1ccccc1C(=O)NCC(=O)O[C@H](C)c1nc2sc(C)c(C)c2c(=O)[nH]1. The van der Waals surface area contributed by atoms with Crippen LogP contribution < -0.4 is 15.6 Å². The number of benzene rings is 1. The molecule has 3 aromatic rings. The van der Waals surface area contributed by atoms with E-state index in [-0.39, 0.29) is 17.9 Å². The van der Waals surface area contributed by atoms with Gasteiger partial charge in [-0.3, -0.25) is 14.4 Å². The highest BCUT2D eigenvalue weighted by atomic mass is 32.1. The second-order valence-electron chi connectivity index (χ2n) is 6.43. The van der Waals surface area contributed by atoms with Crippen molar-refractivity contribution >= 4 is 33.4 Å². The number of aromatic nitrogens is 2. The van der Waals surface area contributed by atoms with E-state index in [1.807, 2.05) is 13.8 Å². The lowest BCUT2D eigenvalue weighted by Crippen LogP contribution is -2.31. The molecular weight excluding hydrogens is 394 g/mol. The van der Waals surface area contributed by atoms with Crippen molar-refractivity contribution < 1.29 is 19.1 Å². The lowest BCUT2D eigenvalue weighted by atomic mass is 10.2. The summed E-state index contributed by atoms with van der Waals surface area (Å²) >= 11 is 1.42. The van der Waals surface area contributed by atoms with Gasteiger partial charge in [0.15, 0.2) is 11.9 Å². The van der Waals surface area contributed by atoms with E-state index in [1.54, 1.807) is 31.2 Å². The molecule has 9 heteroatoms. The van der Waals surface area contributed by atoms with Gasteiger partial charge in [0, 0.05) is 4.88 Å². The highest BCUT2D eigenvalue weighted by Crippen LogP contribution is 2.26. The quantitative estimate of drug-likeness (QED) is 0.599. The number of nitrogens with one attached hydrogen (secondary N) is 2. The van der Waals surface area contributed by atoms with Crippen LogP contribution in [0.1, 0.15) is 39.7 Å². The fourth-order valence-electron chi connectivity index (χ4n) is 2.84. The molecule has 0 aliphatic carbocycles. The lowest BCUT2D eigenvalue weighted by molar-refractivity contribution is -0.147. The topological polar surface area (TPSA) is 110 Å². The van der Waals surface area contributed by atoms with Crippen molar-refractivity contribution in [2.75, 3.05) is 13.7 Å². The second kappa shape index (κ2) is 8.44. The minimum Gasteiger partial charge on any atom is -0.496 e. The number of methoxy groups -OCH3 is 1. The number of hydrogen-bond acceptors (Lipinski definition) is 7. The lowest BCUT2D eigenvalue weighted by Gasteiger charge is -2.13. The number of para-hydroxylation sites is 1. The Hall–Kier alpha value is -3.20. The molecule has 0 unspecified atom stereocenters. The van der Waals surface area contributed by atoms with Crippen LogP contribution >= 0.6 is 11.3 Å². The van der Waals surface area contributed by atoms with Crippen LogP contribution in [0.3, 0.4) is 0 Å². The molecular formula is C20H21N3O5S. The zero-order valence-electron chi connectivity index (χ0n) is 16.5. The third-order valence-electron chi connectivity index (χ3n) is 4.50. The monoisotopic (exact) mass is 415 g/mol. The Morgan fingerprint density at radius 3 is 2.72 bits per heavy atom. The number of carbonyl (C=O) groups is 2. The first kappa shape index (κ1) is 20.5. The molecule has 2 N–H and O–H groups in total. The van der Waals surface area contributed by atoms with Crippen LogP contribution in [0.5, 0.6) is 5.75 Å². The molecule has 3 rings (SSSR count). The van der Waals surface area contributed by atoms with Gasteiger partial charge < -0.3 is 19.8 Å². The van der Waals surface area contributed by atoms with E-state index in [1.165, 1.54) is 18.4 Å². The Balaban J connectivity index is 1.66. The van der Waals surface area contributed by atoms with Gasteiger partial charge in [0.25, 0.3) is 11.5 Å². The highest BCUT2D eigenvalue weighted by Gasteiger charge is 2.19. The van der Waals surface area contributed by atoms with Gasteiger partial charge in [-0.05, 0) is 38.5 Å². The molecule has 8 nitrogen and oxygen atoms in total. The van der Waals surface area contributed by atoms with E-state index in [9.17, 15) is 14.4 Å². The molecule has 1 amide bonds. The maximum atomic E-state index is 12.4. The fourth-order valence-corrected chi connectivity index (χ4v) is 3.88. The number of carbonyl (C=O) groups excluding carboxylic acids is 2. The minimum atomic E-state index is -0.773. The molecule has 29 heavy (non-hydrogen) atoms. The summed E-state index contributed by atoms with van der Waals surface area (Å²) in [6, 6.07) is 6.69. The van der Waals surface area contributed by atoms with Gasteiger partial charge in [0.1, 0.15) is 17.1 Å². The molecule has 0 aliphatic rings. The molecule has 0 saturated heterocycles. The molecule has 0 fully saturated rings. The van der Waals surface area contributed by atoms with Gasteiger partial charge in [0.2, 0.25) is 0 Å². The highest BCUT2D eigenvalue weighted by molar-refractivity contribution is 7.18. The van der Waals surface area contributed by atoms with Crippen LogP contribution in [0.15, 0.2) is 29.1 Å². The van der Waals surface area contributed by atoms with Crippen molar-refractivity contribution in [2.45, 2.75) is 26.9 Å². The summed E-state index contributed by atoms with van der Waals surface area (Å²) < 4.78 is 10.4. The van der Waals surface area contributed by atoms with E-state index in [2.05, 4.69) is 15.3 Å². The molecule has 1 aromatic carbocycles. The number of nitrogens with zero attached hydrogens (tertiary/aromatic N) is 1. The molecule has 2 aromatic heterocycles. The van der Waals surface area contributed by atoms with E-state index in [4.69, 9.17) is 9.47 Å². The Morgan fingerprint density at radius 1 is 1.28 bits per heavy atom. The summed E-state index contributed by atoms with van der Waals surface area (Å²) in [4.78, 5) is 45.5. The van der Waals surface area contributed by atoms with Crippen LogP contribution in [0.25, 0.3) is 10.2 Å². The largest absolute Gasteiger partial charge is 0.496 e. The molecule has 0 radical (unpaired) electrons. The predicted molar refractivity (Wildman–Crippen MR) is 110 cm³/mol. The van der Waals surface area contributed by atoms with Crippen molar-refractivity contribution in [3.8, 4) is 5.75 Å². The average Bonchev–Trinajstić information content (AvgIpc) is 3.00. The number of esters is 1. The maximum Gasteiger partial charge on any atom is 0.326 e. The van der Waals surface area contributed by atoms with E-state index >= 15 is 0 Å². The van der Waals surface area contributed by atoms with Crippen LogP contribution in [0.4, 0.5) is 0 Å². The summed E-state index contributed by atoms with van der Waals surface area (Å²) in [6.07, 6.45) is -0.773. The van der Waals surface area contributed by atoms with Crippen LogP contribution in [-0.2, 0) is 9.53 Å². The van der Waals surface area contributed by atoms with Gasteiger partial charge in [-0.2, -0.15) is 0 Å². The van der Waals surface area contributed by atoms with Gasteiger partial charge >= 0.3 is 5.97 Å². The zero-order valence-corrected chi connectivity index (χ0v) is 17.3. The Kier molecular flexibility index (Phi) is 5.97. The van der Waals surface area contributed by atoms with Crippen molar-refractivity contribution in [2.24, 2.45) is 0 Å². The first-order chi connectivity index (χ1) is 13.8. The number of amides is 1. The number of ether oxygens (including phenoxy) is 2. The third-order valence-corrected chi connectivity index (χ3v) is 5.60. The number of fused-ring (bicyclic) bond motifs is 1. The van der Waals surface area contributed by atoms with E-state index in [0.29, 0.717) is 21.5 Å². The van der Waals surface area contributed by atoms with Gasteiger partial charge in [-0.15, -0.1) is 11.3 Å². The van der Waals surface area contributed by atoms with Gasteiger partial charge in [-0.1, -0.05) is 12.1 Å². The number of aromatic amines is 1. The first-order valence-corrected chi connectivity index (χ1v) is 9.74. The van der Waals surface area contributed by atoms with E-state index < -0.39 is 18.0 Å². The summed E-state index contributed by atoms with van der Waals surface area (Å²) in [5, 5.41) is 3.05. The molecule has 0 spiro atoms. The second-order valence-corrected chi connectivity index (χ2v) is 7.63. The van der Waals surface area contributed by atoms with E-state index in [0.717, 1.165) is 10.4 Å². The average molecular weight is 415 g/mol. The molecule has 0 bridgehead atoms. The Bertz CT molecular complexity index is 1130. The third kappa shape index (κ3) is 4.29. The predicted octanol–water partition coefficient (Wildman–Crippen LogP) is 2.64. The van der Waals surface area contributed by atoms with Crippen molar-refractivity contribution in [1.29, 1.82) is 0 Å². The summed E-state index contributed by atoms with van der Waals surface area (Å²) in [5.41, 5.74) is 0.948. The standard InChI is InChI=1S/C20H21N3O5S/c1-10-12(3)29-20-16(10)19(26)22-17(23-20)11(2)28-15(24)9-21-18(25)13-7-5-6-8-14(13)27-4/h5-8,11H,9H2,1-4H3,(H,21,25)(H,22,23,26)/t11-/m1/s1. The fraction of sp³-hybridized carbons (Fsp3) is 0.300.